The molecule has 1 heterocycles. The standard InChI is InChI=1S/C21H33N5.HI/c1-5-6-7-9-17(2)25-21(22-4)24-15-19-10-8-11-20(14-19)16-26-13-12-23-18(26)3;/h8,10-14,17H,5-7,9,15-16H2,1-4H3,(H2,22,24,25);1H. The summed E-state index contributed by atoms with van der Waals surface area (Å²) in [6, 6.07) is 9.09. The van der Waals surface area contributed by atoms with Crippen molar-refractivity contribution < 1.29 is 0 Å². The van der Waals surface area contributed by atoms with E-state index >= 15 is 0 Å². The number of rotatable bonds is 9. The highest BCUT2D eigenvalue weighted by atomic mass is 127. The van der Waals surface area contributed by atoms with Crippen LogP contribution in [0.4, 0.5) is 0 Å². The zero-order valence-electron chi connectivity index (χ0n) is 17.0. The summed E-state index contributed by atoms with van der Waals surface area (Å²) in [5.41, 5.74) is 2.53. The Balaban J connectivity index is 0.00000364. The highest BCUT2D eigenvalue weighted by Gasteiger charge is 2.05. The number of nitrogens with zero attached hydrogens (tertiary/aromatic N) is 3. The third kappa shape index (κ3) is 8.32. The van der Waals surface area contributed by atoms with Crippen LogP contribution in [0.5, 0.6) is 0 Å². The van der Waals surface area contributed by atoms with Gasteiger partial charge in [0.2, 0.25) is 0 Å². The molecule has 0 saturated carbocycles. The SMILES string of the molecule is CCCCCC(C)NC(=NC)NCc1cccc(Cn2ccnc2C)c1.I. The zero-order chi connectivity index (χ0) is 18.8. The van der Waals surface area contributed by atoms with Gasteiger partial charge in [0.05, 0.1) is 0 Å². The molecular formula is C21H34IN5. The second-order valence-corrected chi connectivity index (χ2v) is 6.89. The summed E-state index contributed by atoms with van der Waals surface area (Å²) in [5.74, 6) is 1.90. The fraction of sp³-hybridized carbons (Fsp3) is 0.524. The number of aryl methyl sites for hydroxylation is 1. The van der Waals surface area contributed by atoms with Crippen LogP contribution < -0.4 is 10.6 Å². The molecular weight excluding hydrogens is 449 g/mol. The molecule has 0 radical (unpaired) electrons. The van der Waals surface area contributed by atoms with Gasteiger partial charge in [-0.1, -0.05) is 50.5 Å². The Hall–Kier alpha value is -1.57. The molecule has 2 rings (SSSR count). The topological polar surface area (TPSA) is 54.2 Å². The van der Waals surface area contributed by atoms with E-state index in [2.05, 4.69) is 63.3 Å². The van der Waals surface area contributed by atoms with Gasteiger partial charge in [-0.05, 0) is 31.4 Å². The maximum absolute atomic E-state index is 4.35. The zero-order valence-corrected chi connectivity index (χ0v) is 19.4. The molecule has 0 bridgehead atoms. The number of nitrogens with one attached hydrogen (secondary N) is 2. The molecule has 0 saturated heterocycles. The molecule has 1 unspecified atom stereocenters. The second-order valence-electron chi connectivity index (χ2n) is 6.89. The summed E-state index contributed by atoms with van der Waals surface area (Å²) < 4.78 is 2.16. The van der Waals surface area contributed by atoms with Gasteiger partial charge in [-0.25, -0.2) is 4.98 Å². The number of aliphatic imine (C=N–C) groups is 1. The lowest BCUT2D eigenvalue weighted by Crippen LogP contribution is -2.41. The molecule has 2 N–H and O–H groups in total. The van der Waals surface area contributed by atoms with Crippen LogP contribution in [-0.4, -0.2) is 28.6 Å². The molecule has 0 fully saturated rings. The lowest BCUT2D eigenvalue weighted by Gasteiger charge is -2.18. The van der Waals surface area contributed by atoms with Crippen LogP contribution in [0.3, 0.4) is 0 Å². The highest BCUT2D eigenvalue weighted by molar-refractivity contribution is 14.0. The van der Waals surface area contributed by atoms with Crippen molar-refractivity contribution in [3.8, 4) is 0 Å². The summed E-state index contributed by atoms with van der Waals surface area (Å²) in [6.07, 6.45) is 8.85. The van der Waals surface area contributed by atoms with Crippen molar-refractivity contribution >= 4 is 29.9 Å². The molecule has 1 aromatic carbocycles. The number of guanidine groups is 1. The Morgan fingerprint density at radius 1 is 1.26 bits per heavy atom. The number of benzene rings is 1. The number of imidazole rings is 1. The Kier molecular flexibility index (Phi) is 11.1. The molecule has 0 aliphatic carbocycles. The normalized spacial score (nSPS) is 12.4. The van der Waals surface area contributed by atoms with Gasteiger partial charge in [-0.3, -0.25) is 4.99 Å². The van der Waals surface area contributed by atoms with Gasteiger partial charge in [-0.2, -0.15) is 0 Å². The molecule has 0 amide bonds. The Bertz CT molecular complexity index is 695. The molecule has 2 aromatic rings. The second kappa shape index (κ2) is 12.8. The van der Waals surface area contributed by atoms with E-state index in [1.807, 2.05) is 26.4 Å². The molecule has 0 aliphatic heterocycles. The van der Waals surface area contributed by atoms with Crippen molar-refractivity contribution in [1.82, 2.24) is 20.2 Å². The minimum absolute atomic E-state index is 0. The van der Waals surface area contributed by atoms with Gasteiger partial charge < -0.3 is 15.2 Å². The van der Waals surface area contributed by atoms with Crippen LogP contribution in [0.1, 0.15) is 56.5 Å². The summed E-state index contributed by atoms with van der Waals surface area (Å²) in [6.45, 7) is 8.10. The average molecular weight is 483 g/mol. The summed E-state index contributed by atoms with van der Waals surface area (Å²) in [5, 5.41) is 6.90. The first kappa shape index (κ1) is 23.5. The number of hydrogen-bond acceptors (Lipinski definition) is 2. The van der Waals surface area contributed by atoms with Gasteiger partial charge in [0.1, 0.15) is 5.82 Å². The van der Waals surface area contributed by atoms with Crippen molar-refractivity contribution in [2.45, 2.75) is 65.6 Å². The molecule has 27 heavy (non-hydrogen) atoms. The monoisotopic (exact) mass is 483 g/mol. The fourth-order valence-electron chi connectivity index (χ4n) is 2.99. The van der Waals surface area contributed by atoms with E-state index in [9.17, 15) is 0 Å². The number of halogens is 1. The van der Waals surface area contributed by atoms with E-state index in [0.29, 0.717) is 6.04 Å². The molecule has 0 aliphatic rings. The first-order chi connectivity index (χ1) is 12.6. The van der Waals surface area contributed by atoms with Gasteiger partial charge in [0.15, 0.2) is 5.96 Å². The third-order valence-corrected chi connectivity index (χ3v) is 4.58. The Morgan fingerprint density at radius 2 is 2.04 bits per heavy atom. The molecule has 0 spiro atoms. The van der Waals surface area contributed by atoms with Crippen LogP contribution in [0.2, 0.25) is 0 Å². The molecule has 1 aromatic heterocycles. The van der Waals surface area contributed by atoms with Crippen LogP contribution >= 0.6 is 24.0 Å². The van der Waals surface area contributed by atoms with Crippen molar-refractivity contribution in [3.63, 3.8) is 0 Å². The minimum Gasteiger partial charge on any atom is -0.354 e. The number of aromatic nitrogens is 2. The molecule has 150 valence electrons. The van der Waals surface area contributed by atoms with E-state index in [1.54, 1.807) is 0 Å². The van der Waals surface area contributed by atoms with Crippen molar-refractivity contribution in [3.05, 3.63) is 53.6 Å². The quantitative estimate of drug-likeness (QED) is 0.239. The summed E-state index contributed by atoms with van der Waals surface area (Å²) >= 11 is 0. The fourth-order valence-corrected chi connectivity index (χ4v) is 2.99. The summed E-state index contributed by atoms with van der Waals surface area (Å²) in [7, 11) is 1.83. The number of unbranched alkanes of at least 4 members (excludes halogenated alkanes) is 2. The first-order valence-corrected chi connectivity index (χ1v) is 9.65. The number of hydrogen-bond donors (Lipinski definition) is 2. The van der Waals surface area contributed by atoms with Gasteiger partial charge in [0, 0.05) is 38.6 Å². The van der Waals surface area contributed by atoms with E-state index in [1.165, 1.54) is 36.8 Å². The average Bonchev–Trinajstić information content (AvgIpc) is 3.04. The Morgan fingerprint density at radius 3 is 2.70 bits per heavy atom. The Labute approximate surface area is 181 Å². The minimum atomic E-state index is 0. The maximum atomic E-state index is 4.35. The lowest BCUT2D eigenvalue weighted by molar-refractivity contribution is 0.546. The predicted octanol–water partition coefficient (Wildman–Crippen LogP) is 4.49. The van der Waals surface area contributed by atoms with Crippen molar-refractivity contribution in [2.24, 2.45) is 4.99 Å². The van der Waals surface area contributed by atoms with E-state index < -0.39 is 0 Å². The van der Waals surface area contributed by atoms with Crippen molar-refractivity contribution in [2.75, 3.05) is 7.05 Å². The molecule has 5 nitrogen and oxygen atoms in total. The van der Waals surface area contributed by atoms with Gasteiger partial charge in [-0.15, -0.1) is 24.0 Å². The highest BCUT2D eigenvalue weighted by Crippen LogP contribution is 2.09. The lowest BCUT2D eigenvalue weighted by atomic mass is 10.1. The van der Waals surface area contributed by atoms with Crippen molar-refractivity contribution in [1.29, 1.82) is 0 Å². The maximum Gasteiger partial charge on any atom is 0.191 e. The van der Waals surface area contributed by atoms with Gasteiger partial charge in [0.25, 0.3) is 0 Å². The van der Waals surface area contributed by atoms with E-state index in [0.717, 1.165) is 24.9 Å². The third-order valence-electron chi connectivity index (χ3n) is 4.58. The van der Waals surface area contributed by atoms with Crippen LogP contribution in [0.25, 0.3) is 0 Å². The van der Waals surface area contributed by atoms with Gasteiger partial charge >= 0.3 is 0 Å². The smallest absolute Gasteiger partial charge is 0.191 e. The molecule has 1 atom stereocenters. The van der Waals surface area contributed by atoms with Crippen LogP contribution in [0.15, 0.2) is 41.7 Å². The summed E-state index contributed by atoms with van der Waals surface area (Å²) in [4.78, 5) is 8.63. The predicted molar refractivity (Wildman–Crippen MR) is 125 cm³/mol. The van der Waals surface area contributed by atoms with Crippen LogP contribution in [-0.2, 0) is 13.1 Å². The van der Waals surface area contributed by atoms with Crippen LogP contribution in [0, 0.1) is 6.92 Å². The largest absolute Gasteiger partial charge is 0.354 e. The van der Waals surface area contributed by atoms with E-state index in [4.69, 9.17) is 0 Å². The molecule has 6 heteroatoms. The first-order valence-electron chi connectivity index (χ1n) is 9.65. The van der Waals surface area contributed by atoms with E-state index in [-0.39, 0.29) is 24.0 Å².